The third-order valence-corrected chi connectivity index (χ3v) is 24.8. The largest absolute Gasteiger partial charge is 0.507 e. The molecule has 0 radical (unpaired) electrons. The molecule has 12 atom stereocenters. The Labute approximate surface area is 761 Å². The molecule has 2 aliphatic heterocycles. The van der Waals surface area contributed by atoms with E-state index >= 15 is 0 Å². The van der Waals surface area contributed by atoms with Crippen molar-refractivity contribution in [1.29, 1.82) is 0 Å². The summed E-state index contributed by atoms with van der Waals surface area (Å²) >= 11 is 4.24. The minimum Gasteiger partial charge on any atom is -0.507 e. The monoisotopic (exact) mass is 1970 g/mol. The standard InChI is InChI=1S/2C29H31NO11.2C20H30.I2.2H2O/c2*1-11-5-4-6-14-20(11)27(37)23-22(25(14)35)26(36)15-8-29(39,18(33)10-31)9-17(21(15)28(23)38)41-19-7-16(30-13(3)32)24(34)12(2)40-19;2*1-7-16(2)10-8-11-17(3)13-14-19-18(4)12-9-15-20(19,5)6;1-2;;/h2*4-6,12,16-17,19,24,31,34,36,38-39H,7-10H2,1-3H3,(H,30,32);2*7-8,10-11,13-14H,9,12,15H2,1-6H3;;2*1H2/b;;10-8+,14-13+,16-7?,17-11+;10-8+,14-13+,16-7+,17-11+;;;. The van der Waals surface area contributed by atoms with Gasteiger partial charge in [0.1, 0.15) is 59.6 Å². The molecule has 4 aromatic carbocycles. The van der Waals surface area contributed by atoms with Crippen LogP contribution in [-0.2, 0) is 51.0 Å². The van der Waals surface area contributed by atoms with Crippen molar-refractivity contribution in [3.05, 3.63) is 232 Å². The van der Waals surface area contributed by atoms with Crippen molar-refractivity contribution in [2.24, 2.45) is 10.8 Å². The molecule has 686 valence electrons. The van der Waals surface area contributed by atoms with Gasteiger partial charge < -0.3 is 91.6 Å². The first-order valence-electron chi connectivity index (χ1n) is 42.0. The van der Waals surface area contributed by atoms with Gasteiger partial charge in [-0.25, -0.2) is 0 Å². The van der Waals surface area contributed by atoms with Gasteiger partial charge in [-0.15, -0.1) is 0 Å². The molecule has 0 saturated carbocycles. The van der Waals surface area contributed by atoms with E-state index in [4.69, 9.17) is 18.9 Å². The second kappa shape index (κ2) is 45.1. The van der Waals surface area contributed by atoms with E-state index in [0.717, 1.165) is 0 Å². The van der Waals surface area contributed by atoms with Gasteiger partial charge in [0.2, 0.25) is 11.8 Å². The molecule has 28 heteroatoms. The molecular weight excluding hydrogens is 1840 g/mol. The van der Waals surface area contributed by atoms with Crippen LogP contribution in [0.5, 0.6) is 23.0 Å². The van der Waals surface area contributed by atoms with Crippen LogP contribution in [0.1, 0.15) is 284 Å². The number of aryl methyl sites for hydroxylation is 2. The number of hydrogen-bond acceptors (Lipinski definition) is 22. The maximum absolute atomic E-state index is 13.6. The van der Waals surface area contributed by atoms with Gasteiger partial charge in [-0.3, -0.25) is 38.4 Å². The Balaban J connectivity index is 0.000000270. The number of hydrogen-bond donors (Lipinski definition) is 12. The van der Waals surface area contributed by atoms with E-state index in [0.29, 0.717) is 22.0 Å². The normalized spacial score (nSPS) is 25.6. The highest BCUT2D eigenvalue weighted by Crippen LogP contribution is 2.55. The summed E-state index contributed by atoms with van der Waals surface area (Å²) in [5, 5.41) is 114. The number of aliphatic hydroxyl groups excluding tert-OH is 4. The molecule has 0 bridgehead atoms. The van der Waals surface area contributed by atoms with Crippen LogP contribution in [0.25, 0.3) is 0 Å². The summed E-state index contributed by atoms with van der Waals surface area (Å²) in [4.78, 5) is 103. The maximum atomic E-state index is 13.6. The molecule has 8 aliphatic rings. The molecule has 12 rings (SSSR count). The lowest BCUT2D eigenvalue weighted by Crippen LogP contribution is -2.55. The lowest BCUT2D eigenvalue weighted by molar-refractivity contribution is -0.249. The first kappa shape index (κ1) is 106. The molecule has 0 aromatic heterocycles. The molecule has 2 saturated heterocycles. The van der Waals surface area contributed by atoms with Crippen molar-refractivity contribution < 1.29 is 119 Å². The number of phenols is 4. The number of fused-ring (bicyclic) bond motifs is 6. The fourth-order valence-electron chi connectivity index (χ4n) is 17.8. The molecule has 4 aromatic rings. The number of nitrogens with one attached hydrogen (secondary N) is 2. The van der Waals surface area contributed by atoms with Crippen molar-refractivity contribution >= 4 is 83.7 Å². The average molecular weight is 1970 g/mol. The molecule has 0 spiro atoms. The lowest BCUT2D eigenvalue weighted by Gasteiger charge is -2.42. The van der Waals surface area contributed by atoms with E-state index in [2.05, 4.69) is 204 Å². The van der Waals surface area contributed by atoms with Crippen LogP contribution < -0.4 is 10.6 Å². The number of halogens is 2. The van der Waals surface area contributed by atoms with Crippen molar-refractivity contribution in [3.63, 3.8) is 0 Å². The summed E-state index contributed by atoms with van der Waals surface area (Å²) in [5.74, 6) is -8.27. The topological polar surface area (TPSA) is 463 Å². The average Bonchev–Trinajstić information content (AvgIpc) is 0.713. The van der Waals surface area contributed by atoms with Gasteiger partial charge in [0, 0.05) is 134 Å². The van der Waals surface area contributed by atoms with Crippen molar-refractivity contribution in [2.45, 2.75) is 274 Å². The van der Waals surface area contributed by atoms with Gasteiger partial charge in [0.15, 0.2) is 47.3 Å². The SMILES string of the molecule is C/C=C(C)/C=C/C=C(C)/C=C/C1=C(C)CCCC1(C)C.CC(=O)NC1CC(OC2CC(O)(C(=O)CO)Cc3c(O)c4c(c(O)c32)C(=O)c2c(C)cccc2C4=O)OC(C)C1O.CC(=O)NC1CC(OC2CC(O)(C(=O)CO)Cc3c(O)c4c(c(O)c32)C(=O)c2c(C)cccc2C4=O)OC(C)C1O.CC=C(C)/C=C/C=C(C)/C=C/C1=C(C)CCCC1(C)C.II.O.O. The third kappa shape index (κ3) is 23.9. The number of Topliss-reactive ketones (excluding diaryl/α,β-unsaturated/α-hetero) is 2. The van der Waals surface area contributed by atoms with Crippen LogP contribution in [0.15, 0.2) is 154 Å². The van der Waals surface area contributed by atoms with E-state index in [9.17, 15) is 89.4 Å². The predicted molar refractivity (Wildman–Crippen MR) is 498 cm³/mol. The third-order valence-electron chi connectivity index (χ3n) is 24.8. The number of phenolic OH excluding ortho intramolecular Hbond substituents is 4. The summed E-state index contributed by atoms with van der Waals surface area (Å²) in [7, 11) is 0. The number of ketones is 6. The Morgan fingerprint density at radius 2 is 0.841 bits per heavy atom. The zero-order valence-corrected chi connectivity index (χ0v) is 79.5. The van der Waals surface area contributed by atoms with Crippen LogP contribution in [-0.4, -0.2) is 182 Å². The number of ether oxygens (including phenoxy) is 4. The second-order valence-corrected chi connectivity index (χ2v) is 35.0. The van der Waals surface area contributed by atoms with Gasteiger partial charge in [-0.1, -0.05) is 170 Å². The number of carbonyl (C=O) groups excluding carboxylic acids is 8. The van der Waals surface area contributed by atoms with Gasteiger partial charge in [0.05, 0.1) is 58.8 Å². The number of benzene rings is 4. The Bertz CT molecular complexity index is 4820. The van der Waals surface area contributed by atoms with Crippen molar-refractivity contribution in [1.82, 2.24) is 10.6 Å². The summed E-state index contributed by atoms with van der Waals surface area (Å²) in [6.07, 6.45) is 23.1. The molecule has 2 fully saturated rings. The maximum Gasteiger partial charge on any atom is 0.217 e. The number of rotatable bonds is 18. The smallest absolute Gasteiger partial charge is 0.217 e. The van der Waals surface area contributed by atoms with Crippen molar-refractivity contribution in [2.75, 3.05) is 13.2 Å². The van der Waals surface area contributed by atoms with Gasteiger partial charge >= 0.3 is 0 Å². The highest BCUT2D eigenvalue weighted by atomic mass is 128. The first-order valence-corrected chi connectivity index (χ1v) is 48.3. The Hall–Kier alpha value is -8.58. The Morgan fingerprint density at radius 1 is 0.508 bits per heavy atom. The fraction of sp³-hybridized carbons (Fsp3) is 0.469. The van der Waals surface area contributed by atoms with E-state index in [1.54, 1.807) is 63.1 Å². The number of aromatic hydroxyl groups is 4. The van der Waals surface area contributed by atoms with E-state index in [1.165, 1.54) is 97.9 Å². The minimum atomic E-state index is -2.27. The summed E-state index contributed by atoms with van der Waals surface area (Å²) < 4.78 is 23.8. The molecule has 16 N–H and O–H groups in total. The molecule has 6 aliphatic carbocycles. The molecular formula is C98H126I2N2O24. The van der Waals surface area contributed by atoms with E-state index in [1.807, 2.05) is 0 Å². The molecule has 2 amide bonds. The Morgan fingerprint density at radius 3 is 1.15 bits per heavy atom. The Kier molecular flexibility index (Phi) is 38.0. The molecule has 2 heterocycles. The van der Waals surface area contributed by atoms with Crippen LogP contribution >= 0.6 is 37.2 Å². The lowest BCUT2D eigenvalue weighted by atomic mass is 9.71. The zero-order chi connectivity index (χ0) is 92.3. The van der Waals surface area contributed by atoms with Gasteiger partial charge in [0.25, 0.3) is 0 Å². The molecule has 12 unspecified atom stereocenters. The van der Waals surface area contributed by atoms with Crippen LogP contribution in [0.2, 0.25) is 0 Å². The molecule has 26 nitrogen and oxygen atoms in total. The second-order valence-electron chi connectivity index (χ2n) is 35.0. The van der Waals surface area contributed by atoms with Gasteiger partial charge in [-0.2, -0.15) is 0 Å². The zero-order valence-electron chi connectivity index (χ0n) is 75.2. The summed E-state index contributed by atoms with van der Waals surface area (Å²) in [6, 6.07) is 7.76. The highest BCUT2D eigenvalue weighted by Gasteiger charge is 2.53. The van der Waals surface area contributed by atoms with Crippen LogP contribution in [0.4, 0.5) is 0 Å². The minimum absolute atomic E-state index is 0. The number of aliphatic hydroxyl groups is 6. The quantitative estimate of drug-likeness (QED) is 0.0216. The van der Waals surface area contributed by atoms with E-state index in [-0.39, 0.29) is 68.3 Å². The highest BCUT2D eigenvalue weighted by molar-refractivity contribution is 15.0. The number of allylic oxidation sites excluding steroid dienone is 20. The first-order chi connectivity index (χ1) is 58.3. The summed E-state index contributed by atoms with van der Waals surface area (Å²) in [6.45, 7) is 33.6. The number of amides is 2. The van der Waals surface area contributed by atoms with Gasteiger partial charge in [-0.05, 0) is 155 Å². The number of carbonyl (C=O) groups is 8. The summed E-state index contributed by atoms with van der Waals surface area (Å²) in [5.41, 5.74) is 6.33. The molecule has 126 heavy (non-hydrogen) atoms. The fourth-order valence-corrected chi connectivity index (χ4v) is 17.8. The van der Waals surface area contributed by atoms with Crippen LogP contribution in [0, 0.1) is 24.7 Å². The predicted octanol–water partition coefficient (Wildman–Crippen LogP) is 14.2. The van der Waals surface area contributed by atoms with E-state index < -0.39 is 203 Å². The van der Waals surface area contributed by atoms with Crippen molar-refractivity contribution in [3.8, 4) is 23.0 Å². The van der Waals surface area contributed by atoms with Crippen LogP contribution in [0.3, 0.4) is 0 Å².